The third-order valence-electron chi connectivity index (χ3n) is 12.8. The first kappa shape index (κ1) is 37.3. The molecule has 0 unspecified atom stereocenters. The van der Waals surface area contributed by atoms with E-state index in [2.05, 4.69) is 264 Å². The zero-order valence-electron chi connectivity index (χ0n) is 35.1. The van der Waals surface area contributed by atoms with Gasteiger partial charge in [0, 0.05) is 33.4 Å². The van der Waals surface area contributed by atoms with Crippen molar-refractivity contribution in [2.75, 3.05) is 4.90 Å². The summed E-state index contributed by atoms with van der Waals surface area (Å²) in [6, 6.07) is 92.8. The smallest absolute Gasteiger partial charge is 0.0546 e. The molecule has 0 spiro atoms. The molecule has 0 saturated carbocycles. The fourth-order valence-electron chi connectivity index (χ4n) is 9.65. The number of para-hydroxylation sites is 2. The van der Waals surface area contributed by atoms with Crippen LogP contribution >= 0.6 is 0 Å². The largest absolute Gasteiger partial charge is 0.310 e. The summed E-state index contributed by atoms with van der Waals surface area (Å²) < 4.78 is 2.39. The fourth-order valence-corrected chi connectivity index (χ4v) is 9.65. The van der Waals surface area contributed by atoms with Crippen molar-refractivity contribution in [3.05, 3.63) is 255 Å². The Morgan fingerprint density at radius 1 is 0.266 bits per heavy atom. The lowest BCUT2D eigenvalue weighted by Gasteiger charge is -2.29. The molecule has 0 aliphatic heterocycles. The number of hydrogen-bond donors (Lipinski definition) is 0. The van der Waals surface area contributed by atoms with Crippen molar-refractivity contribution in [3.63, 3.8) is 0 Å². The molecule has 2 nitrogen and oxygen atoms in total. The molecule has 1 heterocycles. The van der Waals surface area contributed by atoms with Crippen LogP contribution in [0.3, 0.4) is 0 Å². The minimum atomic E-state index is 1.08. The van der Waals surface area contributed by atoms with Crippen LogP contribution in [-0.4, -0.2) is 4.57 Å². The topological polar surface area (TPSA) is 8.17 Å². The second-order valence-electron chi connectivity index (χ2n) is 16.5. The number of anilines is 3. The van der Waals surface area contributed by atoms with Gasteiger partial charge in [-0.05, 0) is 121 Å². The highest BCUT2D eigenvalue weighted by Crippen LogP contribution is 2.45. The van der Waals surface area contributed by atoms with Crippen molar-refractivity contribution in [1.29, 1.82) is 0 Å². The number of rotatable bonds is 8. The third kappa shape index (κ3) is 6.61. The predicted octanol–water partition coefficient (Wildman–Crippen LogP) is 17.2. The second kappa shape index (κ2) is 15.8. The van der Waals surface area contributed by atoms with Crippen molar-refractivity contribution in [3.8, 4) is 50.2 Å². The van der Waals surface area contributed by atoms with E-state index in [1.165, 1.54) is 76.7 Å². The Hall–Kier alpha value is -8.46. The fraction of sp³-hybridized carbons (Fsp3) is 0. The van der Waals surface area contributed by atoms with E-state index in [1.807, 2.05) is 0 Å². The number of nitrogens with zero attached hydrogens (tertiary/aromatic N) is 2. The van der Waals surface area contributed by atoms with E-state index in [0.29, 0.717) is 0 Å². The Balaban J connectivity index is 1.01. The summed E-state index contributed by atoms with van der Waals surface area (Å²) in [4.78, 5) is 2.43. The lowest BCUT2D eigenvalue weighted by atomic mass is 9.94. The summed E-state index contributed by atoms with van der Waals surface area (Å²) in [6.07, 6.45) is 0. The predicted molar refractivity (Wildman–Crippen MR) is 272 cm³/mol. The lowest BCUT2D eigenvalue weighted by Crippen LogP contribution is -2.11. The molecule has 0 saturated heterocycles. The Labute approximate surface area is 373 Å². The van der Waals surface area contributed by atoms with Crippen LogP contribution in [0.25, 0.3) is 93.5 Å². The molecule has 0 aliphatic carbocycles. The van der Waals surface area contributed by atoms with E-state index >= 15 is 0 Å². The Morgan fingerprint density at radius 3 is 1.48 bits per heavy atom. The van der Waals surface area contributed by atoms with Crippen LogP contribution in [0.5, 0.6) is 0 Å². The molecule has 0 amide bonds. The van der Waals surface area contributed by atoms with E-state index in [4.69, 9.17) is 0 Å². The maximum atomic E-state index is 2.43. The highest BCUT2D eigenvalue weighted by Gasteiger charge is 2.20. The Kier molecular flexibility index (Phi) is 9.20. The minimum Gasteiger partial charge on any atom is -0.310 e. The average molecular weight is 815 g/mol. The number of fused-ring (bicyclic) bond motifs is 5. The van der Waals surface area contributed by atoms with Crippen molar-refractivity contribution >= 4 is 60.4 Å². The molecule has 1 aromatic heterocycles. The van der Waals surface area contributed by atoms with E-state index in [1.54, 1.807) is 0 Å². The minimum absolute atomic E-state index is 1.08. The van der Waals surface area contributed by atoms with Crippen molar-refractivity contribution in [1.82, 2.24) is 4.57 Å². The SMILES string of the molecule is c1ccc(-c2ccc(-c3cccc4ccccc34)cc2N(c2ccc(-c3cccc(-n4c5ccccc5c5ccccc54)c3)cc2)c2ccc(-c3ccc4ccccc4c3)cc2)cc1. The standard InChI is InChI=1S/C62H42N2/c1-2-15-47(16-3-1)57-39-34-51(56-25-13-19-46-17-6-7-22-55(46)56)42-62(57)63(53-37-32-45(33-38-53)50-29-28-43-14-4-5-18-48(43)40-50)52-35-30-44(31-36-52)49-20-12-21-54(41-49)64-60-26-10-8-23-58(60)59-24-9-11-27-61(59)64/h1-42H. The molecular formula is C62H42N2. The number of benzene rings is 11. The van der Waals surface area contributed by atoms with Gasteiger partial charge in [0.1, 0.15) is 0 Å². The monoisotopic (exact) mass is 814 g/mol. The lowest BCUT2D eigenvalue weighted by molar-refractivity contribution is 1.18. The summed E-state index contributed by atoms with van der Waals surface area (Å²) in [7, 11) is 0. The van der Waals surface area contributed by atoms with Crippen LogP contribution in [0.2, 0.25) is 0 Å². The van der Waals surface area contributed by atoms with Crippen molar-refractivity contribution in [2.24, 2.45) is 0 Å². The van der Waals surface area contributed by atoms with E-state index < -0.39 is 0 Å². The van der Waals surface area contributed by atoms with Gasteiger partial charge >= 0.3 is 0 Å². The first-order valence-corrected chi connectivity index (χ1v) is 22.0. The highest BCUT2D eigenvalue weighted by atomic mass is 15.1. The summed E-state index contributed by atoms with van der Waals surface area (Å²) in [5.41, 5.74) is 16.2. The van der Waals surface area contributed by atoms with E-state index in [-0.39, 0.29) is 0 Å². The average Bonchev–Trinajstić information content (AvgIpc) is 3.71. The van der Waals surface area contributed by atoms with Crippen LogP contribution in [-0.2, 0) is 0 Å². The first-order chi connectivity index (χ1) is 31.7. The highest BCUT2D eigenvalue weighted by molar-refractivity contribution is 6.09. The van der Waals surface area contributed by atoms with Gasteiger partial charge < -0.3 is 9.47 Å². The van der Waals surface area contributed by atoms with Gasteiger partial charge in [-0.25, -0.2) is 0 Å². The van der Waals surface area contributed by atoms with Gasteiger partial charge in [-0.2, -0.15) is 0 Å². The zero-order valence-corrected chi connectivity index (χ0v) is 35.1. The molecule has 12 aromatic rings. The number of aromatic nitrogens is 1. The molecule has 12 rings (SSSR count). The molecule has 2 heteroatoms. The molecule has 0 atom stereocenters. The molecule has 64 heavy (non-hydrogen) atoms. The van der Waals surface area contributed by atoms with Gasteiger partial charge in [0.2, 0.25) is 0 Å². The van der Waals surface area contributed by atoms with Gasteiger partial charge in [0.05, 0.1) is 16.7 Å². The van der Waals surface area contributed by atoms with Gasteiger partial charge in [0.25, 0.3) is 0 Å². The quantitative estimate of drug-likeness (QED) is 0.148. The van der Waals surface area contributed by atoms with Gasteiger partial charge in [0.15, 0.2) is 0 Å². The van der Waals surface area contributed by atoms with E-state index in [0.717, 1.165) is 33.9 Å². The third-order valence-corrected chi connectivity index (χ3v) is 12.8. The molecule has 0 aliphatic rings. The molecule has 0 fully saturated rings. The summed E-state index contributed by atoms with van der Waals surface area (Å²) in [5.74, 6) is 0. The van der Waals surface area contributed by atoms with Gasteiger partial charge in [-0.1, -0.05) is 194 Å². The van der Waals surface area contributed by atoms with Crippen molar-refractivity contribution in [2.45, 2.75) is 0 Å². The maximum absolute atomic E-state index is 2.43. The van der Waals surface area contributed by atoms with Crippen LogP contribution in [0.4, 0.5) is 17.1 Å². The van der Waals surface area contributed by atoms with Crippen LogP contribution < -0.4 is 4.90 Å². The molecule has 0 N–H and O–H groups in total. The Morgan fingerprint density at radius 2 is 0.781 bits per heavy atom. The Bertz CT molecular complexity index is 3600. The summed E-state index contributed by atoms with van der Waals surface area (Å²) >= 11 is 0. The molecule has 0 bridgehead atoms. The van der Waals surface area contributed by atoms with Gasteiger partial charge in [-0.3, -0.25) is 0 Å². The molecule has 11 aromatic carbocycles. The maximum Gasteiger partial charge on any atom is 0.0546 e. The first-order valence-electron chi connectivity index (χ1n) is 22.0. The molecule has 300 valence electrons. The van der Waals surface area contributed by atoms with E-state index in [9.17, 15) is 0 Å². The summed E-state index contributed by atoms with van der Waals surface area (Å²) in [6.45, 7) is 0. The van der Waals surface area contributed by atoms with Gasteiger partial charge in [-0.15, -0.1) is 0 Å². The van der Waals surface area contributed by atoms with Crippen LogP contribution in [0, 0.1) is 0 Å². The van der Waals surface area contributed by atoms with Crippen molar-refractivity contribution < 1.29 is 0 Å². The molecule has 0 radical (unpaired) electrons. The van der Waals surface area contributed by atoms with Crippen LogP contribution in [0.15, 0.2) is 255 Å². The second-order valence-corrected chi connectivity index (χ2v) is 16.5. The molecular weight excluding hydrogens is 773 g/mol. The number of hydrogen-bond acceptors (Lipinski definition) is 1. The zero-order chi connectivity index (χ0) is 42.4. The normalized spacial score (nSPS) is 11.4. The van der Waals surface area contributed by atoms with Crippen LogP contribution in [0.1, 0.15) is 0 Å². The summed E-state index contributed by atoms with van der Waals surface area (Å²) in [5, 5.41) is 7.48.